The molecule has 0 aromatic heterocycles. The molecule has 0 radical (unpaired) electrons. The molecule has 13 heteroatoms. The molecule has 9 nitrogen and oxygen atoms in total. The summed E-state index contributed by atoms with van der Waals surface area (Å²) in [5.41, 5.74) is -1.97. The number of carbonyl (C=O) groups is 3. The minimum Gasteiger partial charge on any atom is -0.444 e. The molecule has 4 rings (SSSR count). The summed E-state index contributed by atoms with van der Waals surface area (Å²) < 4.78 is 71.1. The lowest BCUT2D eigenvalue weighted by atomic mass is 9.89. The monoisotopic (exact) mass is 623 g/mol. The summed E-state index contributed by atoms with van der Waals surface area (Å²) in [6.45, 7) is 5.46. The van der Waals surface area contributed by atoms with Crippen molar-refractivity contribution in [1.29, 1.82) is 0 Å². The zero-order valence-electron chi connectivity index (χ0n) is 24.3. The smallest absolute Gasteiger partial charge is 0.416 e. The number of likely N-dealkylation sites (tertiary alicyclic amines) is 1. The second-order valence-corrected chi connectivity index (χ2v) is 13.9. The van der Waals surface area contributed by atoms with Crippen molar-refractivity contribution in [1.82, 2.24) is 15.1 Å². The molecule has 0 unspecified atom stereocenters. The second kappa shape index (κ2) is 12.6. The number of sulfone groups is 1. The lowest BCUT2D eigenvalue weighted by molar-refractivity contribution is -0.137. The minimum absolute atomic E-state index is 0.0955. The molecule has 1 N–H and O–H groups in total. The molecule has 2 aromatic carbocycles. The third kappa shape index (κ3) is 8.07. The van der Waals surface area contributed by atoms with E-state index in [4.69, 9.17) is 4.74 Å². The van der Waals surface area contributed by atoms with Crippen LogP contribution >= 0.6 is 0 Å². The van der Waals surface area contributed by atoms with Crippen LogP contribution in [0.25, 0.3) is 0 Å². The summed E-state index contributed by atoms with van der Waals surface area (Å²) in [5.74, 6) is -1.63. The van der Waals surface area contributed by atoms with Crippen molar-refractivity contribution in [3.63, 3.8) is 0 Å². The van der Waals surface area contributed by atoms with Gasteiger partial charge in [-0.15, -0.1) is 0 Å². The van der Waals surface area contributed by atoms with E-state index in [-0.39, 0.29) is 22.4 Å². The van der Waals surface area contributed by atoms with Crippen LogP contribution in [0.5, 0.6) is 0 Å². The zero-order valence-corrected chi connectivity index (χ0v) is 25.1. The highest BCUT2D eigenvalue weighted by Gasteiger charge is 2.41. The van der Waals surface area contributed by atoms with Gasteiger partial charge in [0.15, 0.2) is 9.84 Å². The Balaban J connectivity index is 1.40. The van der Waals surface area contributed by atoms with Crippen LogP contribution < -0.4 is 5.32 Å². The lowest BCUT2D eigenvalue weighted by Gasteiger charge is -2.39. The van der Waals surface area contributed by atoms with Crippen LogP contribution in [0.3, 0.4) is 0 Å². The van der Waals surface area contributed by atoms with Gasteiger partial charge in [0.05, 0.1) is 10.5 Å². The van der Waals surface area contributed by atoms with Gasteiger partial charge in [-0.1, -0.05) is 24.3 Å². The molecule has 1 aliphatic heterocycles. The first-order chi connectivity index (χ1) is 20.0. The van der Waals surface area contributed by atoms with Crippen LogP contribution in [0.15, 0.2) is 59.5 Å². The predicted molar refractivity (Wildman–Crippen MR) is 152 cm³/mol. The van der Waals surface area contributed by atoms with Gasteiger partial charge in [-0.3, -0.25) is 14.5 Å². The van der Waals surface area contributed by atoms with Crippen molar-refractivity contribution in [2.75, 3.05) is 12.4 Å². The van der Waals surface area contributed by atoms with Crippen LogP contribution in [-0.4, -0.2) is 72.3 Å². The number of alkyl halides is 3. The van der Waals surface area contributed by atoms with Crippen LogP contribution in [0, 0.1) is 0 Å². The summed E-state index contributed by atoms with van der Waals surface area (Å²) in [4.78, 5) is 42.0. The maximum atomic E-state index is 13.2. The van der Waals surface area contributed by atoms with Crippen molar-refractivity contribution in [3.8, 4) is 0 Å². The normalized spacial score (nSPS) is 21.4. The van der Waals surface area contributed by atoms with Crippen LogP contribution in [0.4, 0.5) is 18.0 Å². The van der Waals surface area contributed by atoms with E-state index in [1.165, 1.54) is 23.1 Å². The lowest BCUT2D eigenvalue weighted by Crippen LogP contribution is -2.50. The maximum Gasteiger partial charge on any atom is 0.416 e. The molecular formula is C30H36F3N3O6S. The highest BCUT2D eigenvalue weighted by Crippen LogP contribution is 2.32. The number of ether oxygens (including phenoxy) is 1. The van der Waals surface area contributed by atoms with E-state index in [1.54, 1.807) is 43.9 Å². The minimum atomic E-state index is -4.60. The van der Waals surface area contributed by atoms with E-state index < -0.39 is 57.1 Å². The van der Waals surface area contributed by atoms with Gasteiger partial charge < -0.3 is 15.0 Å². The van der Waals surface area contributed by atoms with Gasteiger partial charge in [-0.05, 0) is 83.2 Å². The number of benzene rings is 2. The summed E-state index contributed by atoms with van der Waals surface area (Å²) in [7, 11) is -3.84. The number of rotatable bonds is 7. The summed E-state index contributed by atoms with van der Waals surface area (Å²) in [5, 5.41) is 2.56. The Morgan fingerprint density at radius 2 is 1.63 bits per heavy atom. The van der Waals surface area contributed by atoms with Crippen LogP contribution in [0.1, 0.15) is 68.8 Å². The Morgan fingerprint density at radius 1 is 0.977 bits per heavy atom. The molecule has 0 spiro atoms. The molecule has 1 aliphatic carbocycles. The van der Waals surface area contributed by atoms with E-state index in [0.29, 0.717) is 38.6 Å². The Bertz CT molecular complexity index is 1440. The van der Waals surface area contributed by atoms with Crippen molar-refractivity contribution in [3.05, 3.63) is 65.7 Å². The fourth-order valence-corrected chi connectivity index (χ4v) is 6.87. The highest BCUT2D eigenvalue weighted by molar-refractivity contribution is 7.91. The third-order valence-electron chi connectivity index (χ3n) is 7.58. The van der Waals surface area contributed by atoms with E-state index in [0.717, 1.165) is 18.2 Å². The summed E-state index contributed by atoms with van der Waals surface area (Å²) in [6, 6.07) is 10.4. The van der Waals surface area contributed by atoms with Gasteiger partial charge in [0.25, 0.3) is 5.91 Å². The van der Waals surface area contributed by atoms with Gasteiger partial charge in [0.2, 0.25) is 5.91 Å². The first-order valence-electron chi connectivity index (χ1n) is 14.1. The molecule has 0 bridgehead atoms. The summed E-state index contributed by atoms with van der Waals surface area (Å²) >= 11 is 0. The van der Waals surface area contributed by atoms with E-state index in [9.17, 15) is 36.0 Å². The van der Waals surface area contributed by atoms with Gasteiger partial charge in [-0.2, -0.15) is 13.2 Å². The molecule has 1 heterocycles. The van der Waals surface area contributed by atoms with E-state index >= 15 is 0 Å². The quantitative estimate of drug-likeness (QED) is 0.464. The molecule has 234 valence electrons. The molecule has 1 saturated heterocycles. The Hall–Kier alpha value is -3.61. The topological polar surface area (TPSA) is 113 Å². The largest absolute Gasteiger partial charge is 0.444 e. The highest BCUT2D eigenvalue weighted by atomic mass is 32.2. The molecule has 1 atom stereocenters. The SMILES string of the molecule is CC(C)(C)OC(=O)N(CS(=O)(=O)c1ccccc1)C1CCC(N2CC[C@H](NC(=O)c3cccc(C(F)(F)F)c3)C2=O)CC1. The van der Waals surface area contributed by atoms with Crippen molar-refractivity contribution in [2.45, 2.75) is 87.7 Å². The number of nitrogens with zero attached hydrogens (tertiary/aromatic N) is 2. The number of carbonyl (C=O) groups excluding carboxylic acids is 3. The average molecular weight is 624 g/mol. The Morgan fingerprint density at radius 3 is 2.23 bits per heavy atom. The molecule has 2 fully saturated rings. The Labute approximate surface area is 249 Å². The predicted octanol–water partition coefficient (Wildman–Crippen LogP) is 5.02. The summed E-state index contributed by atoms with van der Waals surface area (Å²) in [6.07, 6.45) is -3.17. The van der Waals surface area contributed by atoms with Gasteiger partial charge in [-0.25, -0.2) is 13.2 Å². The fourth-order valence-electron chi connectivity index (χ4n) is 5.47. The third-order valence-corrected chi connectivity index (χ3v) is 9.19. The number of halogens is 3. The molecule has 43 heavy (non-hydrogen) atoms. The molecule has 2 aromatic rings. The zero-order chi connectivity index (χ0) is 31.6. The standard InChI is InChI=1S/C30H36F3N3O6S/c1-29(2,3)42-28(39)36(19-43(40,41)24-10-5-4-6-11-24)23-14-12-22(13-15-23)35-17-16-25(27(35)38)34-26(37)20-8-7-9-21(18-20)30(31,32)33/h4-11,18,22-23,25H,12-17,19H2,1-3H3,(H,34,37)/t22?,23?,25-/m0/s1. The van der Waals surface area contributed by atoms with Crippen molar-refractivity contribution >= 4 is 27.7 Å². The van der Waals surface area contributed by atoms with E-state index in [2.05, 4.69) is 5.32 Å². The van der Waals surface area contributed by atoms with Gasteiger partial charge in [0, 0.05) is 24.2 Å². The number of hydrogen-bond donors (Lipinski definition) is 1. The number of amides is 3. The van der Waals surface area contributed by atoms with E-state index in [1.807, 2.05) is 0 Å². The van der Waals surface area contributed by atoms with Crippen molar-refractivity contribution < 1.29 is 40.7 Å². The Kier molecular flexibility index (Phi) is 9.43. The van der Waals surface area contributed by atoms with Gasteiger partial charge >= 0.3 is 12.3 Å². The van der Waals surface area contributed by atoms with Crippen LogP contribution in [-0.2, 0) is 25.5 Å². The number of nitrogens with one attached hydrogen (secondary N) is 1. The molecular weight excluding hydrogens is 587 g/mol. The maximum absolute atomic E-state index is 13.2. The first kappa shape index (κ1) is 32.3. The second-order valence-electron chi connectivity index (χ2n) is 11.9. The molecule has 3 amide bonds. The first-order valence-corrected chi connectivity index (χ1v) is 15.8. The number of hydrogen-bond acceptors (Lipinski definition) is 6. The van der Waals surface area contributed by atoms with Crippen LogP contribution in [0.2, 0.25) is 0 Å². The molecule has 2 aliphatic rings. The van der Waals surface area contributed by atoms with Gasteiger partial charge in [0.1, 0.15) is 17.5 Å². The van der Waals surface area contributed by atoms with Crippen molar-refractivity contribution in [2.24, 2.45) is 0 Å². The molecule has 1 saturated carbocycles. The average Bonchev–Trinajstić information content (AvgIpc) is 3.30. The fraction of sp³-hybridized carbons (Fsp3) is 0.500.